The van der Waals surface area contributed by atoms with Crippen LogP contribution < -0.4 is 21.3 Å². The molecule has 0 unspecified atom stereocenters. The Morgan fingerprint density at radius 1 is 0.975 bits per heavy atom. The fourth-order valence-corrected chi connectivity index (χ4v) is 5.54. The maximum absolute atomic E-state index is 13.5. The van der Waals surface area contributed by atoms with Crippen LogP contribution in [-0.2, 0) is 19.2 Å². The minimum atomic E-state index is -1.19. The lowest BCUT2D eigenvalue weighted by atomic mass is 9.89. The summed E-state index contributed by atoms with van der Waals surface area (Å²) in [4.78, 5) is 65.4. The number of piperidine rings is 1. The van der Waals surface area contributed by atoms with E-state index in [1.165, 1.54) is 0 Å². The van der Waals surface area contributed by atoms with Crippen LogP contribution in [0.3, 0.4) is 0 Å². The van der Waals surface area contributed by atoms with Crippen LogP contribution >= 0.6 is 0 Å². The van der Waals surface area contributed by atoms with E-state index < -0.39 is 41.5 Å². The Labute approximate surface area is 234 Å². The first kappa shape index (κ1) is 29.3. The van der Waals surface area contributed by atoms with Gasteiger partial charge in [-0.25, -0.2) is 0 Å². The first-order valence-electron chi connectivity index (χ1n) is 14.4. The van der Waals surface area contributed by atoms with Crippen LogP contribution in [0.25, 0.3) is 11.0 Å². The highest BCUT2D eigenvalue weighted by molar-refractivity contribution is 6.38. The van der Waals surface area contributed by atoms with Crippen LogP contribution in [0.15, 0.2) is 34.7 Å². The number of carbonyl (C=O) groups is 5. The van der Waals surface area contributed by atoms with E-state index in [0.29, 0.717) is 25.0 Å². The van der Waals surface area contributed by atoms with E-state index in [2.05, 4.69) is 21.3 Å². The lowest BCUT2D eigenvalue weighted by Gasteiger charge is -2.28. The van der Waals surface area contributed by atoms with E-state index in [4.69, 9.17) is 4.42 Å². The molecule has 1 aromatic heterocycles. The molecule has 1 aliphatic carbocycles. The molecule has 10 heteroatoms. The molecule has 1 aromatic carbocycles. The van der Waals surface area contributed by atoms with Gasteiger partial charge < -0.3 is 25.7 Å². The fourth-order valence-electron chi connectivity index (χ4n) is 5.54. The molecule has 10 nitrogen and oxygen atoms in total. The van der Waals surface area contributed by atoms with Crippen LogP contribution in [0.2, 0.25) is 0 Å². The largest absolute Gasteiger partial charge is 0.451 e. The van der Waals surface area contributed by atoms with Gasteiger partial charge in [0.2, 0.25) is 17.6 Å². The first-order chi connectivity index (χ1) is 19.2. The molecule has 4 rings (SSSR count). The van der Waals surface area contributed by atoms with Gasteiger partial charge in [-0.05, 0) is 56.6 Å². The molecule has 40 heavy (non-hydrogen) atoms. The summed E-state index contributed by atoms with van der Waals surface area (Å²) < 4.78 is 5.66. The molecular weight excluding hydrogens is 512 g/mol. The molecule has 1 saturated heterocycles. The van der Waals surface area contributed by atoms with Crippen molar-refractivity contribution in [2.24, 2.45) is 11.8 Å². The minimum absolute atomic E-state index is 0.0143. The highest BCUT2D eigenvalue weighted by Crippen LogP contribution is 2.21. The Morgan fingerprint density at radius 2 is 1.73 bits per heavy atom. The summed E-state index contributed by atoms with van der Waals surface area (Å²) in [7, 11) is 0. The molecular formula is C30H40N4O6. The number of para-hydroxylation sites is 1. The molecule has 1 aliphatic heterocycles. The fraction of sp³-hybridized carbons (Fsp3) is 0.567. The van der Waals surface area contributed by atoms with Crippen molar-refractivity contribution in [2.75, 3.05) is 6.54 Å². The number of furan rings is 1. The highest BCUT2D eigenvalue weighted by Gasteiger charge is 2.36. The molecule has 0 radical (unpaired) electrons. The van der Waals surface area contributed by atoms with Gasteiger partial charge in [0.05, 0.1) is 6.04 Å². The van der Waals surface area contributed by atoms with E-state index in [9.17, 15) is 24.0 Å². The molecule has 4 N–H and O–H groups in total. The summed E-state index contributed by atoms with van der Waals surface area (Å²) in [6.45, 7) is 4.40. The quantitative estimate of drug-likeness (QED) is 0.315. The minimum Gasteiger partial charge on any atom is -0.451 e. The van der Waals surface area contributed by atoms with E-state index in [-0.39, 0.29) is 30.0 Å². The number of hydrogen-bond acceptors (Lipinski definition) is 6. The average molecular weight is 553 g/mol. The number of benzene rings is 1. The third kappa shape index (κ3) is 7.70. The van der Waals surface area contributed by atoms with Crippen molar-refractivity contribution in [1.29, 1.82) is 0 Å². The van der Waals surface area contributed by atoms with Crippen LogP contribution in [0.4, 0.5) is 0 Å². The molecule has 0 spiro atoms. The average Bonchev–Trinajstić information content (AvgIpc) is 3.38. The van der Waals surface area contributed by atoms with Gasteiger partial charge in [0.25, 0.3) is 11.8 Å². The second kappa shape index (κ2) is 13.6. The lowest BCUT2D eigenvalue weighted by molar-refractivity contribution is -0.141. The molecule has 3 atom stereocenters. The zero-order valence-electron chi connectivity index (χ0n) is 23.3. The molecule has 2 aromatic rings. The Morgan fingerprint density at radius 3 is 2.42 bits per heavy atom. The maximum Gasteiger partial charge on any atom is 0.289 e. The summed E-state index contributed by atoms with van der Waals surface area (Å²) in [6, 6.07) is 6.58. The van der Waals surface area contributed by atoms with Gasteiger partial charge in [-0.3, -0.25) is 24.0 Å². The zero-order valence-corrected chi connectivity index (χ0v) is 23.3. The van der Waals surface area contributed by atoms with Crippen molar-refractivity contribution in [2.45, 2.75) is 89.8 Å². The monoisotopic (exact) mass is 552 g/mol. The van der Waals surface area contributed by atoms with Gasteiger partial charge >= 0.3 is 0 Å². The van der Waals surface area contributed by atoms with Gasteiger partial charge in [-0.2, -0.15) is 0 Å². The maximum atomic E-state index is 13.5. The second-order valence-corrected chi connectivity index (χ2v) is 11.4. The SMILES string of the molecule is CC(C)C[C@H](NC(=O)c1cc2ccccc2o1)C(=O)N[C@@H](C[C@@H]1CCCNC1=O)C(=O)C(=O)NC1CCCCC1. The Balaban J connectivity index is 1.49. The van der Waals surface area contributed by atoms with Crippen molar-refractivity contribution in [3.63, 3.8) is 0 Å². The molecule has 1 saturated carbocycles. The van der Waals surface area contributed by atoms with Crippen LogP contribution in [-0.4, -0.2) is 54.1 Å². The standard InChI is InChI=1S/C30H40N4O6/c1-18(2)15-23(34-29(38)25-17-19-9-6-7-13-24(19)40-25)28(37)33-22(16-20-10-8-14-31-27(20)36)26(35)30(39)32-21-11-4-3-5-12-21/h6-7,9,13,17-18,20-23H,3-5,8,10-12,14-16H2,1-2H3,(H,31,36)(H,32,39)(H,33,37)(H,34,38)/t20-,22-,23-/m0/s1. The zero-order chi connectivity index (χ0) is 28.6. The summed E-state index contributed by atoms with van der Waals surface area (Å²) in [5.41, 5.74) is 0.554. The first-order valence-corrected chi connectivity index (χ1v) is 14.4. The Kier molecular flexibility index (Phi) is 9.95. The smallest absolute Gasteiger partial charge is 0.289 e. The van der Waals surface area contributed by atoms with Gasteiger partial charge in [0.1, 0.15) is 11.6 Å². The van der Waals surface area contributed by atoms with E-state index >= 15 is 0 Å². The molecule has 2 heterocycles. The topological polar surface area (TPSA) is 147 Å². The summed E-state index contributed by atoms with van der Waals surface area (Å²) in [5.74, 6) is -3.24. The van der Waals surface area contributed by atoms with Crippen molar-refractivity contribution in [3.8, 4) is 0 Å². The number of nitrogens with one attached hydrogen (secondary N) is 4. The van der Waals surface area contributed by atoms with E-state index in [0.717, 1.165) is 43.9 Å². The lowest BCUT2D eigenvalue weighted by Crippen LogP contribution is -2.56. The van der Waals surface area contributed by atoms with Crippen molar-refractivity contribution >= 4 is 40.4 Å². The highest BCUT2D eigenvalue weighted by atomic mass is 16.3. The van der Waals surface area contributed by atoms with Crippen molar-refractivity contribution < 1.29 is 28.4 Å². The van der Waals surface area contributed by atoms with Crippen LogP contribution in [0, 0.1) is 11.8 Å². The number of hydrogen-bond donors (Lipinski definition) is 4. The summed E-state index contributed by atoms with van der Waals surface area (Å²) in [6.07, 6.45) is 6.34. The Hall–Kier alpha value is -3.69. The third-order valence-corrected chi connectivity index (χ3v) is 7.70. The van der Waals surface area contributed by atoms with Crippen LogP contribution in [0.5, 0.6) is 0 Å². The number of rotatable bonds is 11. The number of ketones is 1. The number of amides is 4. The molecule has 216 valence electrons. The van der Waals surface area contributed by atoms with Gasteiger partial charge in [-0.15, -0.1) is 0 Å². The number of carbonyl (C=O) groups excluding carboxylic acids is 5. The predicted molar refractivity (Wildman–Crippen MR) is 149 cm³/mol. The number of Topliss-reactive ketones (excluding diaryl/α,β-unsaturated/α-hetero) is 1. The molecule has 0 bridgehead atoms. The molecule has 4 amide bonds. The van der Waals surface area contributed by atoms with Crippen LogP contribution in [0.1, 0.15) is 82.2 Å². The van der Waals surface area contributed by atoms with E-state index in [1.807, 2.05) is 26.0 Å². The van der Waals surface area contributed by atoms with Gasteiger partial charge in [-0.1, -0.05) is 51.3 Å². The summed E-state index contributed by atoms with van der Waals surface area (Å²) >= 11 is 0. The van der Waals surface area contributed by atoms with Crippen molar-refractivity contribution in [3.05, 3.63) is 36.1 Å². The predicted octanol–water partition coefficient (Wildman–Crippen LogP) is 3.00. The third-order valence-electron chi connectivity index (χ3n) is 7.70. The normalized spacial score (nSPS) is 19.5. The molecule has 2 fully saturated rings. The van der Waals surface area contributed by atoms with Gasteiger partial charge in [0.15, 0.2) is 5.76 Å². The summed E-state index contributed by atoms with van der Waals surface area (Å²) in [5, 5.41) is 11.8. The Bertz CT molecular complexity index is 1200. The second-order valence-electron chi connectivity index (χ2n) is 11.4. The van der Waals surface area contributed by atoms with Crippen molar-refractivity contribution in [1.82, 2.24) is 21.3 Å². The number of fused-ring (bicyclic) bond motifs is 1. The van der Waals surface area contributed by atoms with Gasteiger partial charge in [0, 0.05) is 23.9 Å². The van der Waals surface area contributed by atoms with E-state index in [1.54, 1.807) is 18.2 Å². The molecule has 2 aliphatic rings.